The minimum absolute atomic E-state index is 0.0907. The fraction of sp³-hybridized carbons (Fsp3) is 0.192. The van der Waals surface area contributed by atoms with Crippen molar-refractivity contribution in [2.75, 3.05) is 13.7 Å². The van der Waals surface area contributed by atoms with Crippen molar-refractivity contribution in [3.8, 4) is 22.5 Å². The van der Waals surface area contributed by atoms with Crippen LogP contribution >= 0.6 is 0 Å². The van der Waals surface area contributed by atoms with E-state index in [2.05, 4.69) is 20.5 Å². The highest BCUT2D eigenvalue weighted by molar-refractivity contribution is 6.01. The molecule has 0 saturated carbocycles. The normalized spacial score (nSPS) is 11.9. The van der Waals surface area contributed by atoms with E-state index in [4.69, 9.17) is 4.74 Å². The first kappa shape index (κ1) is 23.3. The predicted octanol–water partition coefficient (Wildman–Crippen LogP) is 4.79. The molecular formula is C26H24F2N4O2. The number of ether oxygens (including phenoxy) is 1. The Bertz CT molecular complexity index is 1240. The lowest BCUT2D eigenvalue weighted by atomic mass is 10.0. The highest BCUT2D eigenvalue weighted by Crippen LogP contribution is 2.29. The molecule has 0 saturated heterocycles. The number of aromatic nitrogens is 3. The van der Waals surface area contributed by atoms with E-state index >= 15 is 0 Å². The van der Waals surface area contributed by atoms with Gasteiger partial charge >= 0.3 is 0 Å². The van der Waals surface area contributed by atoms with Crippen LogP contribution in [0.25, 0.3) is 22.5 Å². The Balaban J connectivity index is 1.60. The number of nitrogens with zero attached hydrogens (tertiary/aromatic N) is 2. The number of pyridine rings is 1. The maximum atomic E-state index is 14.9. The molecule has 8 heteroatoms. The van der Waals surface area contributed by atoms with Crippen LogP contribution in [0.15, 0.2) is 72.9 Å². The third-order valence-corrected chi connectivity index (χ3v) is 5.43. The summed E-state index contributed by atoms with van der Waals surface area (Å²) < 4.78 is 33.4. The average Bonchev–Trinajstić information content (AvgIpc) is 3.33. The summed E-state index contributed by atoms with van der Waals surface area (Å²) in [6.45, 7) is 0.453. The van der Waals surface area contributed by atoms with E-state index in [0.717, 1.165) is 5.69 Å². The molecule has 4 aromatic rings. The standard InChI is InChI=1S/C26H24F2N4O2/c1-34-14-12-20(15-19-5-2-3-13-29-19)30-26(33)21-6-4-7-22(28)25(21)24-16-23(31-32-24)17-8-10-18(27)11-9-17/h2-11,13,16,20H,12,14-15H2,1H3,(H,30,33)(H,31,32)/t20-/m0/s1. The molecule has 0 spiro atoms. The lowest BCUT2D eigenvalue weighted by Gasteiger charge is -2.19. The number of carbonyl (C=O) groups excluding carboxylic acids is 1. The van der Waals surface area contributed by atoms with E-state index in [9.17, 15) is 13.6 Å². The van der Waals surface area contributed by atoms with Gasteiger partial charge in [-0.3, -0.25) is 14.9 Å². The van der Waals surface area contributed by atoms with Crippen LogP contribution in [0.3, 0.4) is 0 Å². The molecule has 34 heavy (non-hydrogen) atoms. The van der Waals surface area contributed by atoms with Gasteiger partial charge in [0.2, 0.25) is 0 Å². The van der Waals surface area contributed by atoms with Gasteiger partial charge in [-0.05, 0) is 66.6 Å². The molecule has 1 atom stereocenters. The third-order valence-electron chi connectivity index (χ3n) is 5.43. The molecule has 2 aromatic heterocycles. The lowest BCUT2D eigenvalue weighted by molar-refractivity contribution is 0.0924. The fourth-order valence-electron chi connectivity index (χ4n) is 3.72. The number of halogens is 2. The molecule has 0 aliphatic rings. The SMILES string of the molecule is COCC[C@@H](Cc1ccccn1)NC(=O)c1cccc(F)c1-c1cc(-c2ccc(F)cc2)[nH]n1. The quantitative estimate of drug-likeness (QED) is 0.375. The fourth-order valence-corrected chi connectivity index (χ4v) is 3.72. The molecule has 4 rings (SSSR count). The van der Waals surface area contributed by atoms with Gasteiger partial charge in [-0.1, -0.05) is 12.1 Å². The molecule has 2 N–H and O–H groups in total. The van der Waals surface area contributed by atoms with Gasteiger partial charge in [0.25, 0.3) is 5.91 Å². The summed E-state index contributed by atoms with van der Waals surface area (Å²) in [6.07, 6.45) is 2.78. The summed E-state index contributed by atoms with van der Waals surface area (Å²) in [5.74, 6) is -1.34. The zero-order chi connectivity index (χ0) is 23.9. The first-order chi connectivity index (χ1) is 16.5. The third kappa shape index (κ3) is 5.52. The first-order valence-corrected chi connectivity index (χ1v) is 10.8. The van der Waals surface area contributed by atoms with Crippen molar-refractivity contribution in [3.05, 3.63) is 95.8 Å². The average molecular weight is 463 g/mol. The molecule has 0 aliphatic carbocycles. The number of nitrogens with one attached hydrogen (secondary N) is 2. The number of aromatic amines is 1. The van der Waals surface area contributed by atoms with Crippen molar-refractivity contribution in [3.63, 3.8) is 0 Å². The zero-order valence-electron chi connectivity index (χ0n) is 18.6. The van der Waals surface area contributed by atoms with Gasteiger partial charge in [0.15, 0.2) is 0 Å². The molecule has 2 heterocycles. The van der Waals surface area contributed by atoms with Crippen LogP contribution in [-0.4, -0.2) is 40.8 Å². The van der Waals surface area contributed by atoms with Crippen molar-refractivity contribution in [2.45, 2.75) is 18.9 Å². The molecule has 0 radical (unpaired) electrons. The lowest BCUT2D eigenvalue weighted by Crippen LogP contribution is -2.37. The van der Waals surface area contributed by atoms with Crippen molar-refractivity contribution in [1.29, 1.82) is 0 Å². The molecule has 0 aliphatic heterocycles. The summed E-state index contributed by atoms with van der Waals surface area (Å²) >= 11 is 0. The molecule has 2 aromatic carbocycles. The van der Waals surface area contributed by atoms with E-state index in [1.807, 2.05) is 18.2 Å². The minimum atomic E-state index is -0.567. The van der Waals surface area contributed by atoms with Gasteiger partial charge < -0.3 is 10.1 Å². The predicted molar refractivity (Wildman–Crippen MR) is 125 cm³/mol. The van der Waals surface area contributed by atoms with Crippen molar-refractivity contribution in [2.24, 2.45) is 0 Å². The summed E-state index contributed by atoms with van der Waals surface area (Å²) in [5.41, 5.74) is 2.64. The molecule has 0 bridgehead atoms. The second-order valence-electron chi connectivity index (χ2n) is 7.81. The van der Waals surface area contributed by atoms with Gasteiger partial charge in [0.1, 0.15) is 11.6 Å². The summed E-state index contributed by atoms with van der Waals surface area (Å²) in [5, 5.41) is 10.0. The maximum absolute atomic E-state index is 14.9. The second-order valence-corrected chi connectivity index (χ2v) is 7.81. The van der Waals surface area contributed by atoms with E-state index in [-0.39, 0.29) is 28.7 Å². The molecule has 1 amide bonds. The van der Waals surface area contributed by atoms with Crippen LogP contribution in [0.5, 0.6) is 0 Å². The smallest absolute Gasteiger partial charge is 0.252 e. The van der Waals surface area contributed by atoms with Crippen LogP contribution in [0.4, 0.5) is 8.78 Å². The zero-order valence-corrected chi connectivity index (χ0v) is 18.6. The van der Waals surface area contributed by atoms with Crippen LogP contribution < -0.4 is 5.32 Å². The van der Waals surface area contributed by atoms with Gasteiger partial charge in [-0.2, -0.15) is 5.10 Å². The maximum Gasteiger partial charge on any atom is 0.252 e. The summed E-state index contributed by atoms with van der Waals surface area (Å²) in [6, 6.07) is 17.2. The van der Waals surface area contributed by atoms with Crippen molar-refractivity contribution < 1.29 is 18.3 Å². The van der Waals surface area contributed by atoms with Gasteiger partial charge in [0, 0.05) is 38.1 Å². The molecule has 174 valence electrons. The summed E-state index contributed by atoms with van der Waals surface area (Å²) in [7, 11) is 1.60. The second kappa shape index (κ2) is 10.8. The van der Waals surface area contributed by atoms with E-state index in [1.54, 1.807) is 37.6 Å². The van der Waals surface area contributed by atoms with Crippen LogP contribution in [0.1, 0.15) is 22.5 Å². The van der Waals surface area contributed by atoms with Crippen LogP contribution in [0, 0.1) is 11.6 Å². The Morgan fingerprint density at radius 2 is 1.91 bits per heavy atom. The molecule has 6 nitrogen and oxygen atoms in total. The topological polar surface area (TPSA) is 79.9 Å². The summed E-state index contributed by atoms with van der Waals surface area (Å²) in [4.78, 5) is 17.6. The Hall–Kier alpha value is -3.91. The molecule has 0 unspecified atom stereocenters. The van der Waals surface area contributed by atoms with E-state index in [0.29, 0.717) is 30.7 Å². The number of methoxy groups -OCH3 is 1. The van der Waals surface area contributed by atoms with Crippen molar-refractivity contribution >= 4 is 5.91 Å². The molecule has 0 fully saturated rings. The first-order valence-electron chi connectivity index (χ1n) is 10.8. The Labute approximate surface area is 196 Å². The monoisotopic (exact) mass is 462 g/mol. The number of rotatable bonds is 9. The highest BCUT2D eigenvalue weighted by Gasteiger charge is 2.22. The van der Waals surface area contributed by atoms with Crippen LogP contribution in [-0.2, 0) is 11.2 Å². The number of benzene rings is 2. The Kier molecular flexibility index (Phi) is 7.39. The van der Waals surface area contributed by atoms with E-state index in [1.165, 1.54) is 24.3 Å². The number of amides is 1. The van der Waals surface area contributed by atoms with Gasteiger partial charge in [-0.25, -0.2) is 8.78 Å². The van der Waals surface area contributed by atoms with Gasteiger partial charge in [0.05, 0.1) is 22.5 Å². The molecular weight excluding hydrogens is 438 g/mol. The van der Waals surface area contributed by atoms with Gasteiger partial charge in [-0.15, -0.1) is 0 Å². The largest absolute Gasteiger partial charge is 0.385 e. The number of hydrogen-bond donors (Lipinski definition) is 2. The van der Waals surface area contributed by atoms with E-state index < -0.39 is 11.7 Å². The Morgan fingerprint density at radius 1 is 1.09 bits per heavy atom. The number of hydrogen-bond acceptors (Lipinski definition) is 4. The number of carbonyl (C=O) groups is 1. The number of H-pyrrole nitrogens is 1. The highest BCUT2D eigenvalue weighted by atomic mass is 19.1. The minimum Gasteiger partial charge on any atom is -0.385 e. The Morgan fingerprint density at radius 3 is 2.65 bits per heavy atom. The van der Waals surface area contributed by atoms with Crippen LogP contribution in [0.2, 0.25) is 0 Å². The van der Waals surface area contributed by atoms with Crippen molar-refractivity contribution in [1.82, 2.24) is 20.5 Å².